The lowest BCUT2D eigenvalue weighted by Gasteiger charge is -2.16. The predicted molar refractivity (Wildman–Crippen MR) is 182 cm³/mol. The van der Waals surface area contributed by atoms with E-state index >= 15 is 0 Å². The van der Waals surface area contributed by atoms with Crippen LogP contribution < -0.4 is 0 Å². The summed E-state index contributed by atoms with van der Waals surface area (Å²) < 4.78 is 11.1. The van der Waals surface area contributed by atoms with E-state index in [4.69, 9.17) is 9.47 Å². The van der Waals surface area contributed by atoms with Crippen LogP contribution in [0.5, 0.6) is 0 Å². The van der Waals surface area contributed by atoms with Crippen LogP contribution in [-0.2, 0) is 14.3 Å². The zero-order chi connectivity index (χ0) is 30.6. The van der Waals surface area contributed by atoms with Gasteiger partial charge < -0.3 is 14.6 Å². The monoisotopic (exact) mass is 597 g/mol. The van der Waals surface area contributed by atoms with E-state index < -0.39 is 6.10 Å². The van der Waals surface area contributed by atoms with Crippen molar-refractivity contribution in [1.82, 2.24) is 0 Å². The molecule has 0 amide bonds. The number of carbonyl (C=O) groups is 1. The minimum Gasteiger partial charge on any atom is -0.457 e. The number of carbonyl (C=O) groups excluding carboxylic acids is 1. The van der Waals surface area contributed by atoms with Gasteiger partial charge in [-0.3, -0.25) is 4.79 Å². The van der Waals surface area contributed by atoms with Crippen LogP contribution in [0.25, 0.3) is 0 Å². The second kappa shape index (κ2) is 36.6. The highest BCUT2D eigenvalue weighted by molar-refractivity contribution is 5.69. The standard InChI is InChI=1S/C38H76O4/c1-3-5-7-9-11-13-15-16-17-18-19-20-21-22-23-24-25-27-29-31-33-38(40)42-37(35-39)36-41-34-32-30-28-26-14-12-10-8-6-4-2/h37,39H,3-36H2,1-2H3. The Hall–Kier alpha value is -0.610. The van der Waals surface area contributed by atoms with Crippen molar-refractivity contribution in [3.05, 3.63) is 0 Å². The normalized spacial score (nSPS) is 12.2. The Morgan fingerprint density at radius 1 is 0.476 bits per heavy atom. The largest absolute Gasteiger partial charge is 0.457 e. The molecule has 0 bridgehead atoms. The molecule has 0 rings (SSSR count). The number of aliphatic hydroxyl groups is 1. The van der Waals surface area contributed by atoms with E-state index in [2.05, 4.69) is 13.8 Å². The number of rotatable bonds is 36. The molecule has 0 aliphatic carbocycles. The van der Waals surface area contributed by atoms with Crippen LogP contribution >= 0.6 is 0 Å². The Balaban J connectivity index is 3.35. The first kappa shape index (κ1) is 41.4. The SMILES string of the molecule is CCCCCCCCCCCCCCCCCCCCCCC(=O)OC(CO)COCCCCCCCCCCCC. The molecule has 0 radical (unpaired) electrons. The van der Waals surface area contributed by atoms with Crippen LogP contribution in [0.15, 0.2) is 0 Å². The van der Waals surface area contributed by atoms with Crippen molar-refractivity contribution in [2.45, 2.75) is 219 Å². The lowest BCUT2D eigenvalue weighted by molar-refractivity contribution is -0.154. The van der Waals surface area contributed by atoms with Gasteiger partial charge in [-0.25, -0.2) is 0 Å². The fraction of sp³-hybridized carbons (Fsp3) is 0.974. The Bertz CT molecular complexity index is 509. The van der Waals surface area contributed by atoms with Crippen molar-refractivity contribution in [3.8, 4) is 0 Å². The minimum atomic E-state index is -0.522. The van der Waals surface area contributed by atoms with Crippen molar-refractivity contribution in [2.75, 3.05) is 19.8 Å². The third-order valence-electron chi connectivity index (χ3n) is 8.68. The van der Waals surface area contributed by atoms with E-state index in [1.807, 2.05) is 0 Å². The third kappa shape index (κ3) is 33.9. The van der Waals surface area contributed by atoms with Gasteiger partial charge in [0, 0.05) is 13.0 Å². The lowest BCUT2D eigenvalue weighted by atomic mass is 10.0. The second-order valence-electron chi connectivity index (χ2n) is 13.0. The van der Waals surface area contributed by atoms with Crippen molar-refractivity contribution >= 4 is 5.97 Å². The van der Waals surface area contributed by atoms with Crippen molar-refractivity contribution < 1.29 is 19.4 Å². The summed E-state index contributed by atoms with van der Waals surface area (Å²) in [6.45, 7) is 5.38. The quantitative estimate of drug-likeness (QED) is 0.0577. The summed E-state index contributed by atoms with van der Waals surface area (Å²) in [5.74, 6) is -0.195. The summed E-state index contributed by atoms with van der Waals surface area (Å²) in [5.41, 5.74) is 0. The van der Waals surface area contributed by atoms with Gasteiger partial charge >= 0.3 is 5.97 Å². The maximum Gasteiger partial charge on any atom is 0.306 e. The molecule has 4 nitrogen and oxygen atoms in total. The maximum atomic E-state index is 12.1. The van der Waals surface area contributed by atoms with E-state index in [1.165, 1.54) is 173 Å². The summed E-state index contributed by atoms with van der Waals surface area (Å²) in [6.07, 6.45) is 40.1. The number of hydrogen-bond acceptors (Lipinski definition) is 4. The van der Waals surface area contributed by atoms with E-state index in [0.29, 0.717) is 19.6 Å². The molecule has 0 aromatic heterocycles. The molecule has 0 saturated carbocycles. The van der Waals surface area contributed by atoms with Gasteiger partial charge in [0.1, 0.15) is 6.10 Å². The molecule has 0 spiro atoms. The molecule has 42 heavy (non-hydrogen) atoms. The Morgan fingerprint density at radius 3 is 1.12 bits per heavy atom. The van der Waals surface area contributed by atoms with Crippen LogP contribution in [0.3, 0.4) is 0 Å². The Morgan fingerprint density at radius 2 is 0.786 bits per heavy atom. The number of esters is 1. The molecule has 0 fully saturated rings. The fourth-order valence-electron chi connectivity index (χ4n) is 5.80. The fourth-order valence-corrected chi connectivity index (χ4v) is 5.80. The molecule has 4 heteroatoms. The van der Waals surface area contributed by atoms with Gasteiger partial charge in [-0.1, -0.05) is 194 Å². The summed E-state index contributed by atoms with van der Waals surface area (Å²) in [6, 6.07) is 0. The molecule has 1 unspecified atom stereocenters. The molecular weight excluding hydrogens is 520 g/mol. The van der Waals surface area contributed by atoms with Crippen LogP contribution in [0.2, 0.25) is 0 Å². The molecular formula is C38H76O4. The van der Waals surface area contributed by atoms with Gasteiger partial charge in [-0.05, 0) is 12.8 Å². The second-order valence-corrected chi connectivity index (χ2v) is 13.0. The zero-order valence-corrected chi connectivity index (χ0v) is 28.8. The van der Waals surface area contributed by atoms with Gasteiger partial charge in [0.05, 0.1) is 13.2 Å². The maximum absolute atomic E-state index is 12.1. The Kier molecular flexibility index (Phi) is 36.0. The molecule has 0 aliphatic heterocycles. The van der Waals surface area contributed by atoms with Gasteiger partial charge in [0.2, 0.25) is 0 Å². The summed E-state index contributed by atoms with van der Waals surface area (Å²) in [4.78, 5) is 12.1. The number of ether oxygens (including phenoxy) is 2. The molecule has 252 valence electrons. The first-order valence-corrected chi connectivity index (χ1v) is 19.1. The minimum absolute atomic E-state index is 0.164. The Labute approximate surface area is 263 Å². The van der Waals surface area contributed by atoms with Gasteiger partial charge in [0.25, 0.3) is 0 Å². The van der Waals surface area contributed by atoms with Crippen molar-refractivity contribution in [3.63, 3.8) is 0 Å². The van der Waals surface area contributed by atoms with E-state index in [9.17, 15) is 9.90 Å². The smallest absolute Gasteiger partial charge is 0.306 e. The number of unbranched alkanes of at least 4 members (excludes halogenated alkanes) is 28. The lowest BCUT2D eigenvalue weighted by Crippen LogP contribution is -2.27. The summed E-state index contributed by atoms with van der Waals surface area (Å²) in [7, 11) is 0. The summed E-state index contributed by atoms with van der Waals surface area (Å²) >= 11 is 0. The topological polar surface area (TPSA) is 55.8 Å². The van der Waals surface area contributed by atoms with Crippen LogP contribution in [-0.4, -0.2) is 37.0 Å². The van der Waals surface area contributed by atoms with Gasteiger partial charge in [0.15, 0.2) is 0 Å². The first-order chi connectivity index (χ1) is 20.7. The van der Waals surface area contributed by atoms with E-state index in [-0.39, 0.29) is 12.6 Å². The molecule has 1 N–H and O–H groups in total. The molecule has 0 aromatic rings. The van der Waals surface area contributed by atoms with Crippen molar-refractivity contribution in [1.29, 1.82) is 0 Å². The van der Waals surface area contributed by atoms with Crippen LogP contribution in [0.1, 0.15) is 213 Å². The van der Waals surface area contributed by atoms with Crippen LogP contribution in [0.4, 0.5) is 0 Å². The molecule has 0 heterocycles. The average Bonchev–Trinajstić information content (AvgIpc) is 3.00. The average molecular weight is 597 g/mol. The van der Waals surface area contributed by atoms with Gasteiger partial charge in [-0.2, -0.15) is 0 Å². The van der Waals surface area contributed by atoms with E-state index in [1.54, 1.807) is 0 Å². The molecule has 0 aliphatic rings. The number of hydrogen-bond donors (Lipinski definition) is 1. The first-order valence-electron chi connectivity index (χ1n) is 19.1. The highest BCUT2D eigenvalue weighted by atomic mass is 16.6. The highest BCUT2D eigenvalue weighted by Crippen LogP contribution is 2.15. The predicted octanol–water partition coefficient (Wildman–Crippen LogP) is 12.0. The van der Waals surface area contributed by atoms with Gasteiger partial charge in [-0.15, -0.1) is 0 Å². The molecule has 1 atom stereocenters. The van der Waals surface area contributed by atoms with E-state index in [0.717, 1.165) is 19.3 Å². The summed E-state index contributed by atoms with van der Waals surface area (Å²) in [5, 5.41) is 9.54. The number of aliphatic hydroxyl groups excluding tert-OH is 1. The third-order valence-corrected chi connectivity index (χ3v) is 8.68. The molecule has 0 aromatic carbocycles. The highest BCUT2D eigenvalue weighted by Gasteiger charge is 2.13. The zero-order valence-electron chi connectivity index (χ0n) is 28.8. The van der Waals surface area contributed by atoms with Crippen LogP contribution in [0, 0.1) is 0 Å². The molecule has 0 saturated heterocycles. The van der Waals surface area contributed by atoms with Crippen molar-refractivity contribution in [2.24, 2.45) is 0 Å².